The zero-order chi connectivity index (χ0) is 13.0. The van der Waals surface area contributed by atoms with Gasteiger partial charge in [-0.25, -0.2) is 0 Å². The van der Waals surface area contributed by atoms with Crippen molar-refractivity contribution in [3.05, 3.63) is 36.6 Å². The molecule has 0 aliphatic heterocycles. The van der Waals surface area contributed by atoms with Crippen molar-refractivity contribution in [2.24, 2.45) is 10.9 Å². The number of hydrogen-bond donors (Lipinski definition) is 0. The molecule has 92 valence electrons. The molecule has 16 heavy (non-hydrogen) atoms. The van der Waals surface area contributed by atoms with Gasteiger partial charge in [-0.3, -0.25) is 4.99 Å². The molecule has 0 N–H and O–H groups in total. The molecule has 0 spiro atoms. The van der Waals surface area contributed by atoms with E-state index in [1.807, 2.05) is 52.0 Å². The van der Waals surface area contributed by atoms with Gasteiger partial charge in [0.1, 0.15) is 11.8 Å². The zero-order valence-electron chi connectivity index (χ0n) is 11.2. The number of nitrogens with zero attached hydrogens (tertiary/aromatic N) is 1. The topological polar surface area (TPSA) is 21.6 Å². The Kier molecular flexibility index (Phi) is 12.6. The summed E-state index contributed by atoms with van der Waals surface area (Å²) >= 11 is 0. The van der Waals surface area contributed by atoms with Crippen molar-refractivity contribution in [1.29, 1.82) is 0 Å². The Labute approximate surface area is 100 Å². The van der Waals surface area contributed by atoms with E-state index in [1.165, 1.54) is 0 Å². The molecular formula is C14H25NO. The molecule has 2 unspecified atom stereocenters. The highest BCUT2D eigenvalue weighted by Gasteiger charge is 2.21. The average molecular weight is 223 g/mol. The largest absolute Gasteiger partial charge is 0.499 e. The van der Waals surface area contributed by atoms with E-state index in [0.29, 0.717) is 0 Å². The lowest BCUT2D eigenvalue weighted by Crippen LogP contribution is -2.20. The third-order valence-corrected chi connectivity index (χ3v) is 1.95. The highest BCUT2D eigenvalue weighted by atomic mass is 16.5. The van der Waals surface area contributed by atoms with Crippen molar-refractivity contribution >= 4 is 6.72 Å². The quantitative estimate of drug-likeness (QED) is 0.523. The fourth-order valence-corrected chi connectivity index (χ4v) is 1.28. The lowest BCUT2D eigenvalue weighted by Gasteiger charge is -2.22. The van der Waals surface area contributed by atoms with Crippen LogP contribution in [0.4, 0.5) is 0 Å². The molecule has 1 aliphatic rings. The molecule has 0 bridgehead atoms. The normalized spacial score (nSPS) is 21.4. The number of aliphatic imine (C=N–C) groups is 1. The first-order valence-corrected chi connectivity index (χ1v) is 5.84. The summed E-state index contributed by atoms with van der Waals surface area (Å²) in [5.74, 6) is 1.06. The molecule has 2 heteroatoms. The van der Waals surface area contributed by atoms with Gasteiger partial charge >= 0.3 is 0 Å². The minimum atomic E-state index is -0.00231. The summed E-state index contributed by atoms with van der Waals surface area (Å²) in [6.45, 7) is 15.3. The predicted octanol–water partition coefficient (Wildman–Crippen LogP) is 4.01. The van der Waals surface area contributed by atoms with Crippen LogP contribution in [-0.4, -0.2) is 19.9 Å². The van der Waals surface area contributed by atoms with Gasteiger partial charge in [-0.05, 0) is 12.8 Å². The molecule has 0 aromatic rings. The van der Waals surface area contributed by atoms with Gasteiger partial charge in [-0.1, -0.05) is 45.9 Å². The van der Waals surface area contributed by atoms with Crippen LogP contribution in [0.5, 0.6) is 0 Å². The summed E-state index contributed by atoms with van der Waals surface area (Å²) in [6, 6.07) is -0.00231. The molecule has 0 aromatic heterocycles. The number of rotatable bonds is 3. The summed E-state index contributed by atoms with van der Waals surface area (Å²) in [5.41, 5.74) is 0. The van der Waals surface area contributed by atoms with Gasteiger partial charge in [0.05, 0.1) is 7.11 Å². The summed E-state index contributed by atoms with van der Waals surface area (Å²) < 4.78 is 5.16. The van der Waals surface area contributed by atoms with E-state index in [2.05, 4.69) is 18.3 Å². The second-order valence-corrected chi connectivity index (χ2v) is 2.60. The summed E-state index contributed by atoms with van der Waals surface area (Å²) in [5, 5.41) is 0. The highest BCUT2D eigenvalue weighted by Crippen LogP contribution is 2.23. The van der Waals surface area contributed by atoms with Crippen molar-refractivity contribution in [3.63, 3.8) is 0 Å². The summed E-state index contributed by atoms with van der Waals surface area (Å²) in [4.78, 5) is 3.99. The summed E-state index contributed by atoms with van der Waals surface area (Å²) in [6.07, 6.45) is 7.74. The molecule has 0 heterocycles. The van der Waals surface area contributed by atoms with E-state index in [-0.39, 0.29) is 12.0 Å². The Balaban J connectivity index is 0. The van der Waals surface area contributed by atoms with Crippen LogP contribution in [0.15, 0.2) is 41.6 Å². The standard InChI is InChI=1S/C10H13NO.2C2H6/c1-4-8-6-5-7-9(12-3)10(8)11-2;2*1-2/h4-8,10H,1-2H2,3H3;2*1-2H3. The molecule has 1 rings (SSSR count). The Hall–Kier alpha value is -1.31. The van der Waals surface area contributed by atoms with Gasteiger partial charge in [0.2, 0.25) is 0 Å². The van der Waals surface area contributed by atoms with Crippen molar-refractivity contribution in [3.8, 4) is 0 Å². The van der Waals surface area contributed by atoms with Gasteiger partial charge in [-0.2, -0.15) is 0 Å². The second-order valence-electron chi connectivity index (χ2n) is 2.60. The fraction of sp³-hybridized carbons (Fsp3) is 0.500. The van der Waals surface area contributed by atoms with Crippen molar-refractivity contribution in [2.75, 3.05) is 7.11 Å². The Morgan fingerprint density at radius 1 is 1.31 bits per heavy atom. The minimum Gasteiger partial charge on any atom is -0.499 e. The lowest BCUT2D eigenvalue weighted by atomic mass is 9.94. The van der Waals surface area contributed by atoms with Gasteiger partial charge in [0, 0.05) is 5.92 Å². The third kappa shape index (κ3) is 4.96. The first kappa shape index (κ1) is 17.1. The van der Waals surface area contributed by atoms with Crippen LogP contribution in [0.25, 0.3) is 0 Å². The van der Waals surface area contributed by atoms with Gasteiger partial charge in [0.25, 0.3) is 0 Å². The first-order chi connectivity index (χ1) is 7.83. The molecule has 0 radical (unpaired) electrons. The molecule has 0 fully saturated rings. The minimum absolute atomic E-state index is 0.00231. The average Bonchev–Trinajstić information content (AvgIpc) is 2.42. The molecule has 0 saturated carbocycles. The van der Waals surface area contributed by atoms with Crippen LogP contribution in [0.2, 0.25) is 0 Å². The Morgan fingerprint density at radius 3 is 2.25 bits per heavy atom. The fourth-order valence-electron chi connectivity index (χ4n) is 1.28. The molecule has 0 saturated heterocycles. The zero-order valence-corrected chi connectivity index (χ0v) is 11.2. The van der Waals surface area contributed by atoms with Crippen molar-refractivity contribution in [2.45, 2.75) is 33.7 Å². The predicted molar refractivity (Wildman–Crippen MR) is 74.0 cm³/mol. The second kappa shape index (κ2) is 11.8. The molecule has 0 amide bonds. The van der Waals surface area contributed by atoms with Crippen LogP contribution in [0, 0.1) is 5.92 Å². The van der Waals surface area contributed by atoms with Crippen LogP contribution >= 0.6 is 0 Å². The highest BCUT2D eigenvalue weighted by molar-refractivity contribution is 5.32. The van der Waals surface area contributed by atoms with Gasteiger partial charge in [0.15, 0.2) is 0 Å². The Morgan fingerprint density at radius 2 is 1.88 bits per heavy atom. The van der Waals surface area contributed by atoms with E-state index in [1.54, 1.807) is 7.11 Å². The monoisotopic (exact) mass is 223 g/mol. The summed E-state index contributed by atoms with van der Waals surface area (Å²) in [7, 11) is 1.64. The molecule has 1 aliphatic carbocycles. The van der Waals surface area contributed by atoms with Crippen LogP contribution in [-0.2, 0) is 4.74 Å². The van der Waals surface area contributed by atoms with Crippen molar-refractivity contribution in [1.82, 2.24) is 0 Å². The van der Waals surface area contributed by atoms with Gasteiger partial charge < -0.3 is 4.74 Å². The number of allylic oxidation sites excluding steroid dienone is 2. The first-order valence-electron chi connectivity index (χ1n) is 5.84. The number of methoxy groups -OCH3 is 1. The number of ether oxygens (including phenoxy) is 1. The van der Waals surface area contributed by atoms with Crippen LogP contribution in [0.1, 0.15) is 27.7 Å². The molecule has 2 atom stereocenters. The maximum Gasteiger partial charge on any atom is 0.121 e. The Bertz CT molecular complexity index is 241. The molecule has 2 nitrogen and oxygen atoms in total. The van der Waals surface area contributed by atoms with E-state index in [0.717, 1.165) is 5.76 Å². The SMILES string of the molecule is C=CC1C=CC=C(OC)C1N=C.CC.CC. The molecule has 0 aromatic carbocycles. The van der Waals surface area contributed by atoms with E-state index in [4.69, 9.17) is 4.74 Å². The third-order valence-electron chi connectivity index (χ3n) is 1.95. The van der Waals surface area contributed by atoms with E-state index >= 15 is 0 Å². The lowest BCUT2D eigenvalue weighted by molar-refractivity contribution is 0.255. The van der Waals surface area contributed by atoms with Gasteiger partial charge in [-0.15, -0.1) is 6.58 Å². The van der Waals surface area contributed by atoms with E-state index in [9.17, 15) is 0 Å². The maximum atomic E-state index is 5.16. The number of hydrogen-bond acceptors (Lipinski definition) is 2. The van der Waals surface area contributed by atoms with Crippen LogP contribution < -0.4 is 0 Å². The smallest absolute Gasteiger partial charge is 0.121 e. The van der Waals surface area contributed by atoms with Crippen molar-refractivity contribution < 1.29 is 4.74 Å². The maximum absolute atomic E-state index is 5.16. The molecular weight excluding hydrogens is 198 g/mol. The van der Waals surface area contributed by atoms with E-state index < -0.39 is 0 Å². The van der Waals surface area contributed by atoms with Crippen LogP contribution in [0.3, 0.4) is 0 Å².